The van der Waals surface area contributed by atoms with Crippen LogP contribution in [0, 0.1) is 0 Å². The number of benzene rings is 1. The topological polar surface area (TPSA) is 95.9 Å². The summed E-state index contributed by atoms with van der Waals surface area (Å²) in [6.45, 7) is 1.58. The van der Waals surface area contributed by atoms with Crippen LogP contribution >= 0.6 is 11.3 Å². The van der Waals surface area contributed by atoms with E-state index in [2.05, 4.69) is 35.5 Å². The molecule has 0 saturated heterocycles. The van der Waals surface area contributed by atoms with Gasteiger partial charge < -0.3 is 15.5 Å². The van der Waals surface area contributed by atoms with Crippen molar-refractivity contribution >= 4 is 39.1 Å². The molecular formula is C21H21N7OS. The van der Waals surface area contributed by atoms with Crippen molar-refractivity contribution in [1.82, 2.24) is 24.8 Å². The lowest BCUT2D eigenvalue weighted by atomic mass is 10.2. The van der Waals surface area contributed by atoms with Crippen molar-refractivity contribution < 1.29 is 4.79 Å². The molecule has 0 fully saturated rings. The van der Waals surface area contributed by atoms with Gasteiger partial charge in [-0.15, -0.1) is 0 Å². The molecule has 0 bridgehead atoms. The molecule has 2 N–H and O–H groups in total. The lowest BCUT2D eigenvalue weighted by molar-refractivity contribution is 0.102. The summed E-state index contributed by atoms with van der Waals surface area (Å²) in [5.74, 6) is 0.308. The first-order valence-electron chi connectivity index (χ1n) is 9.43. The van der Waals surface area contributed by atoms with Crippen molar-refractivity contribution in [3.05, 3.63) is 60.7 Å². The van der Waals surface area contributed by atoms with Crippen LogP contribution in [-0.2, 0) is 0 Å². The Balaban J connectivity index is 1.54. The zero-order chi connectivity index (χ0) is 20.9. The number of hydrogen-bond donors (Lipinski definition) is 2. The van der Waals surface area contributed by atoms with Gasteiger partial charge in [0.2, 0.25) is 0 Å². The minimum atomic E-state index is -0.306. The van der Waals surface area contributed by atoms with E-state index in [1.807, 2.05) is 50.5 Å². The Hall–Kier alpha value is -3.43. The number of pyridine rings is 1. The highest BCUT2D eigenvalue weighted by atomic mass is 32.1. The van der Waals surface area contributed by atoms with E-state index in [4.69, 9.17) is 0 Å². The molecule has 0 aliphatic heterocycles. The molecule has 4 rings (SSSR count). The molecule has 0 atom stereocenters. The number of thiazole rings is 1. The third-order valence-electron chi connectivity index (χ3n) is 4.34. The van der Waals surface area contributed by atoms with Crippen LogP contribution in [0.3, 0.4) is 0 Å². The third kappa shape index (κ3) is 4.58. The first-order chi connectivity index (χ1) is 14.6. The van der Waals surface area contributed by atoms with Crippen molar-refractivity contribution in [2.24, 2.45) is 0 Å². The number of hydrogen-bond acceptors (Lipinski definition) is 8. The van der Waals surface area contributed by atoms with Crippen molar-refractivity contribution in [2.45, 2.75) is 0 Å². The lowest BCUT2D eigenvalue weighted by Gasteiger charge is -2.12. The number of anilines is 2. The molecule has 1 amide bonds. The number of carbonyl (C=O) groups is 1. The van der Waals surface area contributed by atoms with Crippen LogP contribution in [0.2, 0.25) is 0 Å². The quantitative estimate of drug-likeness (QED) is 0.474. The Kier molecular flexibility index (Phi) is 5.92. The van der Waals surface area contributed by atoms with E-state index in [1.54, 1.807) is 12.3 Å². The number of likely N-dealkylation sites (N-methyl/N-ethyl adjacent to an activating group) is 1. The van der Waals surface area contributed by atoms with E-state index in [0.717, 1.165) is 34.0 Å². The van der Waals surface area contributed by atoms with Crippen LogP contribution in [0.4, 0.5) is 11.5 Å². The highest BCUT2D eigenvalue weighted by Crippen LogP contribution is 2.33. The van der Waals surface area contributed by atoms with Gasteiger partial charge in [-0.05, 0) is 38.4 Å². The van der Waals surface area contributed by atoms with Crippen molar-refractivity contribution in [2.75, 3.05) is 37.8 Å². The summed E-state index contributed by atoms with van der Waals surface area (Å²) >= 11 is 1.49. The van der Waals surface area contributed by atoms with Crippen molar-refractivity contribution in [3.63, 3.8) is 0 Å². The lowest BCUT2D eigenvalue weighted by Crippen LogP contribution is -2.21. The first-order valence-corrected chi connectivity index (χ1v) is 10.2. The number of carbonyl (C=O) groups excluding carboxylic acids is 1. The van der Waals surface area contributed by atoms with Gasteiger partial charge in [0.05, 0.1) is 5.69 Å². The van der Waals surface area contributed by atoms with Gasteiger partial charge in [0, 0.05) is 30.9 Å². The average molecular weight is 420 g/mol. The largest absolute Gasteiger partial charge is 0.369 e. The van der Waals surface area contributed by atoms with Gasteiger partial charge in [0.25, 0.3) is 5.91 Å². The molecule has 152 valence electrons. The molecule has 0 aliphatic rings. The second-order valence-corrected chi connectivity index (χ2v) is 7.84. The number of amides is 1. The highest BCUT2D eigenvalue weighted by molar-refractivity contribution is 7.21. The van der Waals surface area contributed by atoms with Gasteiger partial charge in [0.1, 0.15) is 33.2 Å². The Labute approximate surface area is 178 Å². The van der Waals surface area contributed by atoms with E-state index in [-0.39, 0.29) is 11.6 Å². The molecule has 3 heterocycles. The predicted octanol–water partition coefficient (Wildman–Crippen LogP) is 3.37. The molecule has 0 aliphatic carbocycles. The van der Waals surface area contributed by atoms with Gasteiger partial charge >= 0.3 is 0 Å². The van der Waals surface area contributed by atoms with Crippen LogP contribution in [0.25, 0.3) is 20.9 Å². The summed E-state index contributed by atoms with van der Waals surface area (Å²) in [7, 11) is 4.00. The highest BCUT2D eigenvalue weighted by Gasteiger charge is 2.15. The maximum absolute atomic E-state index is 12.8. The fourth-order valence-electron chi connectivity index (χ4n) is 2.84. The second-order valence-electron chi connectivity index (χ2n) is 6.86. The standard InChI is InChI=1S/C21H21N7OS/c1-28(2)11-10-22-18-12-17(24-13-25-18)19(29)26-15-7-4-3-6-14(15)20-27-16-8-5-9-23-21(16)30-20/h3-9,12-13H,10-11H2,1-2H3,(H,26,29)(H,22,24,25). The van der Waals surface area contributed by atoms with Crippen molar-refractivity contribution in [1.29, 1.82) is 0 Å². The fourth-order valence-corrected chi connectivity index (χ4v) is 3.78. The van der Waals surface area contributed by atoms with Crippen molar-refractivity contribution in [3.8, 4) is 10.6 Å². The summed E-state index contributed by atoms with van der Waals surface area (Å²) in [5, 5.41) is 6.95. The summed E-state index contributed by atoms with van der Waals surface area (Å²) < 4.78 is 0. The average Bonchev–Trinajstić information content (AvgIpc) is 3.18. The van der Waals surface area contributed by atoms with Gasteiger partial charge in [-0.25, -0.2) is 19.9 Å². The summed E-state index contributed by atoms with van der Waals surface area (Å²) in [4.78, 5) is 33.1. The fraction of sp³-hybridized carbons (Fsp3) is 0.190. The summed E-state index contributed by atoms with van der Waals surface area (Å²) in [6.07, 6.45) is 3.13. The van der Waals surface area contributed by atoms with Gasteiger partial charge in [-0.1, -0.05) is 23.5 Å². The number of nitrogens with zero attached hydrogens (tertiary/aromatic N) is 5. The van der Waals surface area contributed by atoms with E-state index in [9.17, 15) is 4.79 Å². The Morgan fingerprint density at radius 1 is 1.10 bits per heavy atom. The smallest absolute Gasteiger partial charge is 0.274 e. The van der Waals surface area contributed by atoms with E-state index in [1.165, 1.54) is 17.7 Å². The predicted molar refractivity (Wildman–Crippen MR) is 120 cm³/mol. The summed E-state index contributed by atoms with van der Waals surface area (Å²) in [5.41, 5.74) is 2.63. The maximum atomic E-state index is 12.8. The van der Waals surface area contributed by atoms with E-state index in [0.29, 0.717) is 11.5 Å². The van der Waals surface area contributed by atoms with Crippen LogP contribution < -0.4 is 10.6 Å². The normalized spacial score (nSPS) is 11.0. The van der Waals surface area contributed by atoms with Crippen LogP contribution in [0.15, 0.2) is 55.0 Å². The number of aromatic nitrogens is 4. The second kappa shape index (κ2) is 8.93. The van der Waals surface area contributed by atoms with Gasteiger partial charge in [0.15, 0.2) is 0 Å². The molecule has 0 radical (unpaired) electrons. The molecule has 4 aromatic rings. The molecule has 9 heteroatoms. The minimum Gasteiger partial charge on any atom is -0.369 e. The molecule has 30 heavy (non-hydrogen) atoms. The van der Waals surface area contributed by atoms with Gasteiger partial charge in [-0.3, -0.25) is 4.79 Å². The number of fused-ring (bicyclic) bond motifs is 1. The summed E-state index contributed by atoms with van der Waals surface area (Å²) in [6, 6.07) is 13.0. The van der Waals surface area contributed by atoms with Crippen LogP contribution in [-0.4, -0.2) is 57.9 Å². The Morgan fingerprint density at radius 2 is 1.97 bits per heavy atom. The molecule has 0 spiro atoms. The maximum Gasteiger partial charge on any atom is 0.274 e. The molecule has 3 aromatic heterocycles. The van der Waals surface area contributed by atoms with Gasteiger partial charge in [-0.2, -0.15) is 0 Å². The van der Waals surface area contributed by atoms with Crippen LogP contribution in [0.1, 0.15) is 10.5 Å². The SMILES string of the molecule is CN(C)CCNc1cc(C(=O)Nc2ccccc2-c2nc3cccnc3s2)ncn1. The Bertz CT molecular complexity index is 1140. The zero-order valence-corrected chi connectivity index (χ0v) is 17.5. The third-order valence-corrected chi connectivity index (χ3v) is 5.35. The monoisotopic (exact) mass is 419 g/mol. The molecule has 0 saturated carbocycles. The first kappa shape index (κ1) is 19.9. The zero-order valence-electron chi connectivity index (χ0n) is 16.7. The Morgan fingerprint density at radius 3 is 2.80 bits per heavy atom. The number of para-hydroxylation sites is 1. The number of nitrogens with one attached hydrogen (secondary N) is 2. The van der Waals surface area contributed by atoms with Crippen LogP contribution in [0.5, 0.6) is 0 Å². The molecular weight excluding hydrogens is 398 g/mol. The molecule has 0 unspecified atom stereocenters. The molecule has 8 nitrogen and oxygen atoms in total. The van der Waals surface area contributed by atoms with E-state index >= 15 is 0 Å². The molecule has 1 aromatic carbocycles. The van der Waals surface area contributed by atoms with E-state index < -0.39 is 0 Å². The minimum absolute atomic E-state index is 0.290. The number of rotatable bonds is 7.